The van der Waals surface area contributed by atoms with Crippen LogP contribution in [0.4, 0.5) is 4.79 Å². The topological polar surface area (TPSA) is 86.6 Å². The summed E-state index contributed by atoms with van der Waals surface area (Å²) in [5.41, 5.74) is 5.55. The number of amides is 3. The van der Waals surface area contributed by atoms with Crippen LogP contribution in [-0.2, 0) is 30.7 Å². The maximum absolute atomic E-state index is 14.7. The molecule has 240 valence electrons. The highest BCUT2D eigenvalue weighted by molar-refractivity contribution is 9.10. The quantitative estimate of drug-likeness (QED) is 0.241. The lowest BCUT2D eigenvalue weighted by Crippen LogP contribution is -2.63. The van der Waals surface area contributed by atoms with Crippen molar-refractivity contribution in [3.05, 3.63) is 117 Å². The molecule has 46 heavy (non-hydrogen) atoms. The molecule has 0 radical (unpaired) electrons. The van der Waals surface area contributed by atoms with Crippen molar-refractivity contribution < 1.29 is 9.59 Å². The highest BCUT2D eigenvalue weighted by atomic mass is 79.9. The van der Waals surface area contributed by atoms with Crippen LogP contribution in [0.25, 0.3) is 0 Å². The highest BCUT2D eigenvalue weighted by Gasteiger charge is 2.41. The van der Waals surface area contributed by atoms with E-state index in [0.717, 1.165) is 47.1 Å². The van der Waals surface area contributed by atoms with Gasteiger partial charge in [0, 0.05) is 73.9 Å². The first-order valence-corrected chi connectivity index (χ1v) is 17.1. The maximum Gasteiger partial charge on any atom is 0.318 e. The number of benzene rings is 2. The molecule has 0 bridgehead atoms. The molecule has 4 aromatic rings. The van der Waals surface area contributed by atoms with Crippen LogP contribution < -0.4 is 5.32 Å². The lowest BCUT2D eigenvalue weighted by Gasteiger charge is -2.45. The molecule has 2 aliphatic rings. The Bertz CT molecular complexity index is 1600. The summed E-state index contributed by atoms with van der Waals surface area (Å²) in [7, 11) is 0. The van der Waals surface area contributed by atoms with Gasteiger partial charge < -0.3 is 19.7 Å². The minimum Gasteiger partial charge on any atom is -0.338 e. The highest BCUT2D eigenvalue weighted by Crippen LogP contribution is 2.38. The van der Waals surface area contributed by atoms with E-state index in [1.807, 2.05) is 65.2 Å². The predicted octanol–water partition coefficient (Wildman–Crippen LogP) is 5.72. The van der Waals surface area contributed by atoms with Crippen molar-refractivity contribution in [2.45, 2.75) is 51.4 Å². The molecule has 0 unspecified atom stereocenters. The number of aryl methyl sites for hydroxylation is 3. The Kier molecular flexibility index (Phi) is 10.4. The SMILES string of the molecule is CCNC(=O)N1CCN([C@H]2c3ccc(Cl)cc3CCc3cc(Br)cnc32)C[C@@H]1C(=O)N(CCCn1ccnc1)Cc1ccccc1. The van der Waals surface area contributed by atoms with Crippen LogP contribution in [0.3, 0.4) is 0 Å². The minimum absolute atomic E-state index is 0.0561. The summed E-state index contributed by atoms with van der Waals surface area (Å²) in [5.74, 6) is -0.0561. The zero-order valence-corrected chi connectivity index (χ0v) is 28.3. The number of aromatic nitrogens is 3. The standard InChI is InChI=1S/C35H39BrClN7O2/c1-2-39-35(46)44-18-17-42(33-30-12-11-29(37)20-26(30)9-10-27-19-28(36)21-40-32(27)33)23-31(44)34(45)43(22-25-7-4-3-5-8-25)15-6-14-41-16-13-38-24-41/h3-5,7-8,11-13,16,19-21,24,31,33H,2,6,9-10,14-15,17-18,22-23H2,1H3,(H,39,46)/t31-,33+/m1/s1. The molecule has 1 aliphatic carbocycles. The van der Waals surface area contributed by atoms with E-state index in [0.29, 0.717) is 44.3 Å². The van der Waals surface area contributed by atoms with Gasteiger partial charge >= 0.3 is 6.03 Å². The van der Waals surface area contributed by atoms with Gasteiger partial charge in [-0.3, -0.25) is 14.7 Å². The number of carbonyl (C=O) groups excluding carboxylic acids is 2. The van der Waals surface area contributed by atoms with E-state index in [1.165, 1.54) is 11.1 Å². The number of pyridine rings is 1. The molecule has 1 fully saturated rings. The number of halogens is 2. The number of carbonyl (C=O) groups is 2. The molecule has 2 atom stereocenters. The number of nitrogens with one attached hydrogen (secondary N) is 1. The maximum atomic E-state index is 14.7. The van der Waals surface area contributed by atoms with Gasteiger partial charge in [-0.05, 0) is 82.6 Å². The van der Waals surface area contributed by atoms with Gasteiger partial charge in [-0.1, -0.05) is 48.0 Å². The van der Waals surface area contributed by atoms with Crippen molar-refractivity contribution in [2.75, 3.05) is 32.7 Å². The van der Waals surface area contributed by atoms with E-state index in [9.17, 15) is 9.59 Å². The molecule has 3 amide bonds. The van der Waals surface area contributed by atoms with Gasteiger partial charge in [-0.25, -0.2) is 9.78 Å². The summed E-state index contributed by atoms with van der Waals surface area (Å²) in [6.45, 7) is 5.55. The fourth-order valence-corrected chi connectivity index (χ4v) is 7.25. The number of fused-ring (bicyclic) bond motifs is 2. The summed E-state index contributed by atoms with van der Waals surface area (Å²) in [5, 5.41) is 3.66. The zero-order valence-electron chi connectivity index (χ0n) is 26.0. The van der Waals surface area contributed by atoms with E-state index >= 15 is 0 Å². The molecule has 1 N–H and O–H groups in total. The number of piperazine rings is 1. The second-order valence-electron chi connectivity index (χ2n) is 11.9. The third-order valence-corrected chi connectivity index (χ3v) is 9.54. The second-order valence-corrected chi connectivity index (χ2v) is 13.2. The van der Waals surface area contributed by atoms with Gasteiger partial charge in [-0.15, -0.1) is 0 Å². The number of rotatable bonds is 9. The Morgan fingerprint density at radius 2 is 1.91 bits per heavy atom. The van der Waals surface area contributed by atoms with Crippen LogP contribution in [-0.4, -0.2) is 79.9 Å². The normalized spacial score (nSPS) is 17.9. The van der Waals surface area contributed by atoms with Crippen LogP contribution in [0.5, 0.6) is 0 Å². The zero-order chi connectivity index (χ0) is 32.0. The Morgan fingerprint density at radius 3 is 2.70 bits per heavy atom. The smallest absolute Gasteiger partial charge is 0.318 e. The fraction of sp³-hybridized carbons (Fsp3) is 0.371. The Labute approximate surface area is 283 Å². The Hall–Kier alpha value is -3.73. The first kappa shape index (κ1) is 32.2. The van der Waals surface area contributed by atoms with Gasteiger partial charge in [0.15, 0.2) is 0 Å². The van der Waals surface area contributed by atoms with Crippen molar-refractivity contribution >= 4 is 39.5 Å². The predicted molar refractivity (Wildman–Crippen MR) is 182 cm³/mol. The first-order chi connectivity index (χ1) is 22.4. The molecule has 9 nitrogen and oxygen atoms in total. The van der Waals surface area contributed by atoms with Crippen molar-refractivity contribution in [3.8, 4) is 0 Å². The van der Waals surface area contributed by atoms with Gasteiger partial charge in [0.1, 0.15) is 6.04 Å². The molecule has 1 saturated heterocycles. The monoisotopic (exact) mass is 703 g/mol. The van der Waals surface area contributed by atoms with Crippen LogP contribution in [0, 0.1) is 0 Å². The molecule has 3 heterocycles. The third kappa shape index (κ3) is 7.29. The van der Waals surface area contributed by atoms with Gasteiger partial charge in [0.2, 0.25) is 5.91 Å². The number of hydrogen-bond acceptors (Lipinski definition) is 5. The van der Waals surface area contributed by atoms with Crippen LogP contribution in [0.15, 0.2) is 84.0 Å². The fourth-order valence-electron chi connectivity index (χ4n) is 6.67. The lowest BCUT2D eigenvalue weighted by molar-refractivity contribution is -0.139. The summed E-state index contributed by atoms with van der Waals surface area (Å²) in [4.78, 5) is 43.2. The van der Waals surface area contributed by atoms with Crippen molar-refractivity contribution in [1.29, 1.82) is 0 Å². The van der Waals surface area contributed by atoms with Gasteiger partial charge in [-0.2, -0.15) is 0 Å². The molecule has 11 heteroatoms. The molecule has 0 saturated carbocycles. The molecule has 1 aliphatic heterocycles. The summed E-state index contributed by atoms with van der Waals surface area (Å²) >= 11 is 10.1. The lowest BCUT2D eigenvalue weighted by atomic mass is 9.95. The van der Waals surface area contributed by atoms with E-state index in [2.05, 4.69) is 49.3 Å². The first-order valence-electron chi connectivity index (χ1n) is 15.9. The molecular weight excluding hydrogens is 666 g/mol. The number of nitrogens with zero attached hydrogens (tertiary/aromatic N) is 6. The van der Waals surface area contributed by atoms with E-state index in [4.69, 9.17) is 16.6 Å². The number of imidazole rings is 1. The van der Waals surface area contributed by atoms with E-state index in [1.54, 1.807) is 17.4 Å². The molecule has 2 aromatic carbocycles. The summed E-state index contributed by atoms with van der Waals surface area (Å²) < 4.78 is 2.96. The third-order valence-electron chi connectivity index (χ3n) is 8.87. The van der Waals surface area contributed by atoms with Crippen LogP contribution in [0.2, 0.25) is 5.02 Å². The van der Waals surface area contributed by atoms with Crippen molar-refractivity contribution in [1.82, 2.24) is 34.6 Å². The van der Waals surface area contributed by atoms with Gasteiger partial charge in [0.25, 0.3) is 0 Å². The van der Waals surface area contributed by atoms with E-state index in [-0.39, 0.29) is 18.0 Å². The van der Waals surface area contributed by atoms with Crippen LogP contribution >= 0.6 is 27.5 Å². The summed E-state index contributed by atoms with van der Waals surface area (Å²) in [6.07, 6.45) is 9.79. The second kappa shape index (κ2) is 14.8. The number of urea groups is 1. The average Bonchev–Trinajstić information content (AvgIpc) is 3.53. The minimum atomic E-state index is -0.671. The number of hydrogen-bond donors (Lipinski definition) is 1. The Morgan fingerprint density at radius 1 is 1.09 bits per heavy atom. The van der Waals surface area contributed by atoms with Crippen molar-refractivity contribution in [2.24, 2.45) is 0 Å². The average molecular weight is 705 g/mol. The van der Waals surface area contributed by atoms with Gasteiger partial charge in [0.05, 0.1) is 18.1 Å². The Balaban J connectivity index is 1.34. The summed E-state index contributed by atoms with van der Waals surface area (Å²) in [6, 6.07) is 17.2. The largest absolute Gasteiger partial charge is 0.338 e. The molecule has 2 aromatic heterocycles. The van der Waals surface area contributed by atoms with E-state index < -0.39 is 6.04 Å². The molecule has 6 rings (SSSR count). The molecule has 0 spiro atoms. The molecular formula is C35H39BrClN7O2. The van der Waals surface area contributed by atoms with Crippen molar-refractivity contribution in [3.63, 3.8) is 0 Å². The van der Waals surface area contributed by atoms with Crippen LogP contribution in [0.1, 0.15) is 47.3 Å².